The third-order valence-corrected chi connectivity index (χ3v) is 5.14. The molecular formula is C20H18BrFN2. The number of H-pyrrole nitrogens is 1. The first kappa shape index (κ1) is 15.6. The van der Waals surface area contributed by atoms with Crippen LogP contribution in [0.3, 0.4) is 0 Å². The quantitative estimate of drug-likeness (QED) is 0.622. The molecule has 0 aliphatic heterocycles. The lowest BCUT2D eigenvalue weighted by molar-refractivity contribution is 0.629. The lowest BCUT2D eigenvalue weighted by Gasteiger charge is -2.14. The molecule has 0 saturated heterocycles. The number of nitrogens with one attached hydrogen (secondary N) is 1. The number of hydrogen-bond donors (Lipinski definition) is 1. The normalized spacial score (nSPS) is 15.8. The fraction of sp³-hybridized carbons (Fsp3) is 0.250. The van der Waals surface area contributed by atoms with Crippen molar-refractivity contribution >= 4 is 32.5 Å². The van der Waals surface area contributed by atoms with Crippen LogP contribution in [0.25, 0.3) is 10.9 Å². The molecule has 0 spiro atoms. The van der Waals surface area contributed by atoms with Crippen LogP contribution in [0.15, 0.2) is 51.9 Å². The molecule has 4 heteroatoms. The Bertz CT molecular complexity index is 909. The minimum absolute atomic E-state index is 0.177. The van der Waals surface area contributed by atoms with Gasteiger partial charge in [-0.3, -0.25) is 4.99 Å². The summed E-state index contributed by atoms with van der Waals surface area (Å²) in [4.78, 5) is 8.29. The fourth-order valence-electron chi connectivity index (χ4n) is 3.41. The minimum Gasteiger partial charge on any atom is -0.353 e. The molecule has 1 aromatic heterocycles. The van der Waals surface area contributed by atoms with Crippen LogP contribution < -0.4 is 0 Å². The van der Waals surface area contributed by atoms with Crippen LogP contribution in [0.5, 0.6) is 0 Å². The third-order valence-electron chi connectivity index (χ3n) is 4.61. The van der Waals surface area contributed by atoms with Crippen LogP contribution >= 0.6 is 15.9 Å². The molecule has 2 nitrogen and oxygen atoms in total. The maximum absolute atomic E-state index is 13.6. The van der Waals surface area contributed by atoms with Gasteiger partial charge in [0.15, 0.2) is 0 Å². The zero-order valence-corrected chi connectivity index (χ0v) is 14.9. The van der Waals surface area contributed by atoms with Crippen molar-refractivity contribution in [3.8, 4) is 0 Å². The molecule has 0 unspecified atom stereocenters. The SMILES string of the molecule is Fc1ccc2[nH]c3c(c2c1)CCC/C3=N\CCc1ccc(Br)cc1. The van der Waals surface area contributed by atoms with Crippen molar-refractivity contribution in [2.75, 3.05) is 6.54 Å². The van der Waals surface area contributed by atoms with E-state index >= 15 is 0 Å². The van der Waals surface area contributed by atoms with Crippen LogP contribution in [0.1, 0.15) is 29.7 Å². The number of rotatable bonds is 3. The van der Waals surface area contributed by atoms with Crippen molar-refractivity contribution in [1.82, 2.24) is 4.98 Å². The van der Waals surface area contributed by atoms with Crippen LogP contribution in [-0.4, -0.2) is 17.2 Å². The standard InChI is InChI=1S/C20H18BrFN2/c21-14-6-4-13(5-7-14)10-11-23-19-3-1-2-16-17-12-15(22)8-9-18(17)24-20(16)19/h4-9,12,24H,1-3,10-11H2/b23-19+. The summed E-state index contributed by atoms with van der Waals surface area (Å²) in [5.41, 5.74) is 5.75. The minimum atomic E-state index is -0.177. The average molecular weight is 385 g/mol. The van der Waals surface area contributed by atoms with Crippen molar-refractivity contribution < 1.29 is 4.39 Å². The monoisotopic (exact) mass is 384 g/mol. The molecule has 0 atom stereocenters. The molecule has 1 heterocycles. The second-order valence-electron chi connectivity index (χ2n) is 6.23. The van der Waals surface area contributed by atoms with Gasteiger partial charge < -0.3 is 4.98 Å². The maximum atomic E-state index is 13.6. The highest BCUT2D eigenvalue weighted by Gasteiger charge is 2.20. The number of fused-ring (bicyclic) bond motifs is 3. The van der Waals surface area contributed by atoms with Crippen molar-refractivity contribution in [3.05, 3.63) is 69.6 Å². The Hall–Kier alpha value is -1.94. The lowest BCUT2D eigenvalue weighted by atomic mass is 9.94. The summed E-state index contributed by atoms with van der Waals surface area (Å²) in [6.45, 7) is 0.778. The highest BCUT2D eigenvalue weighted by molar-refractivity contribution is 9.10. The smallest absolute Gasteiger partial charge is 0.123 e. The Morgan fingerprint density at radius 2 is 1.92 bits per heavy atom. The third kappa shape index (κ3) is 3.03. The predicted octanol–water partition coefficient (Wildman–Crippen LogP) is 5.44. The topological polar surface area (TPSA) is 28.1 Å². The number of aliphatic imine (C=N–C) groups is 1. The largest absolute Gasteiger partial charge is 0.353 e. The van der Waals surface area contributed by atoms with Gasteiger partial charge in [0.1, 0.15) is 5.82 Å². The zero-order valence-electron chi connectivity index (χ0n) is 13.3. The van der Waals surface area contributed by atoms with Crippen LogP contribution in [0.2, 0.25) is 0 Å². The van der Waals surface area contributed by atoms with Crippen molar-refractivity contribution in [3.63, 3.8) is 0 Å². The first-order chi connectivity index (χ1) is 11.7. The number of aromatic amines is 1. The Morgan fingerprint density at radius 3 is 2.75 bits per heavy atom. The summed E-state index contributed by atoms with van der Waals surface area (Å²) in [6.07, 6.45) is 3.99. The summed E-state index contributed by atoms with van der Waals surface area (Å²) in [7, 11) is 0. The Morgan fingerprint density at radius 1 is 1.08 bits per heavy atom. The first-order valence-electron chi connectivity index (χ1n) is 8.29. The summed E-state index contributed by atoms with van der Waals surface area (Å²) in [6, 6.07) is 13.3. The number of halogens is 2. The van der Waals surface area contributed by atoms with E-state index in [1.54, 1.807) is 6.07 Å². The fourth-order valence-corrected chi connectivity index (χ4v) is 3.68. The van der Waals surface area contributed by atoms with Gasteiger partial charge in [0, 0.05) is 21.9 Å². The van der Waals surface area contributed by atoms with Gasteiger partial charge in [-0.1, -0.05) is 28.1 Å². The highest BCUT2D eigenvalue weighted by atomic mass is 79.9. The molecular weight excluding hydrogens is 367 g/mol. The van der Waals surface area contributed by atoms with E-state index in [1.165, 1.54) is 17.2 Å². The van der Waals surface area contributed by atoms with Crippen LogP contribution in [0.4, 0.5) is 4.39 Å². The molecule has 3 aromatic rings. The molecule has 0 amide bonds. The van der Waals surface area contributed by atoms with E-state index in [2.05, 4.69) is 45.2 Å². The van der Waals surface area contributed by atoms with Crippen molar-refractivity contribution in [1.29, 1.82) is 0 Å². The van der Waals surface area contributed by atoms with E-state index in [1.807, 2.05) is 6.07 Å². The molecule has 1 N–H and O–H groups in total. The molecule has 0 saturated carbocycles. The van der Waals surface area contributed by atoms with Gasteiger partial charge in [-0.25, -0.2) is 4.39 Å². The predicted molar refractivity (Wildman–Crippen MR) is 100 cm³/mol. The van der Waals surface area contributed by atoms with Gasteiger partial charge in [0.2, 0.25) is 0 Å². The van der Waals surface area contributed by atoms with Gasteiger partial charge in [-0.2, -0.15) is 0 Å². The van der Waals surface area contributed by atoms with E-state index in [-0.39, 0.29) is 5.82 Å². The molecule has 24 heavy (non-hydrogen) atoms. The van der Waals surface area contributed by atoms with Gasteiger partial charge >= 0.3 is 0 Å². The first-order valence-corrected chi connectivity index (χ1v) is 9.08. The number of benzene rings is 2. The van der Waals surface area contributed by atoms with E-state index in [0.29, 0.717) is 0 Å². The van der Waals surface area contributed by atoms with Crippen LogP contribution in [0, 0.1) is 5.82 Å². The Labute approximate surface area is 148 Å². The number of aromatic nitrogens is 1. The van der Waals surface area contributed by atoms with E-state index in [9.17, 15) is 4.39 Å². The number of nitrogens with zero attached hydrogens (tertiary/aromatic N) is 1. The highest BCUT2D eigenvalue weighted by Crippen LogP contribution is 2.30. The van der Waals surface area contributed by atoms with E-state index in [4.69, 9.17) is 4.99 Å². The lowest BCUT2D eigenvalue weighted by Crippen LogP contribution is -2.12. The molecule has 122 valence electrons. The summed E-state index contributed by atoms with van der Waals surface area (Å²) >= 11 is 3.46. The molecule has 1 aliphatic carbocycles. The number of hydrogen-bond acceptors (Lipinski definition) is 1. The van der Waals surface area contributed by atoms with Crippen molar-refractivity contribution in [2.45, 2.75) is 25.7 Å². The number of aryl methyl sites for hydroxylation is 1. The molecule has 0 fully saturated rings. The molecule has 0 bridgehead atoms. The molecule has 1 aliphatic rings. The average Bonchev–Trinajstić information content (AvgIpc) is 2.95. The maximum Gasteiger partial charge on any atom is 0.123 e. The van der Waals surface area contributed by atoms with E-state index in [0.717, 1.165) is 59.0 Å². The van der Waals surface area contributed by atoms with Gasteiger partial charge in [-0.15, -0.1) is 0 Å². The summed E-state index contributed by atoms with van der Waals surface area (Å²) in [5, 5.41) is 1.00. The molecule has 0 radical (unpaired) electrons. The molecule has 4 rings (SSSR count). The molecule has 2 aromatic carbocycles. The second-order valence-corrected chi connectivity index (χ2v) is 7.14. The summed E-state index contributed by atoms with van der Waals surface area (Å²) < 4.78 is 14.6. The van der Waals surface area contributed by atoms with Gasteiger partial charge in [0.25, 0.3) is 0 Å². The van der Waals surface area contributed by atoms with Crippen LogP contribution in [-0.2, 0) is 12.8 Å². The van der Waals surface area contributed by atoms with Gasteiger partial charge in [0.05, 0.1) is 11.4 Å². The van der Waals surface area contributed by atoms with Crippen molar-refractivity contribution in [2.24, 2.45) is 4.99 Å². The Kier molecular flexibility index (Phi) is 4.23. The van der Waals surface area contributed by atoms with Gasteiger partial charge in [-0.05, 0) is 67.1 Å². The zero-order chi connectivity index (χ0) is 16.5. The second kappa shape index (κ2) is 6.52. The Balaban J connectivity index is 1.59. The summed E-state index contributed by atoms with van der Waals surface area (Å²) in [5.74, 6) is -0.177. The van der Waals surface area contributed by atoms with E-state index < -0.39 is 0 Å².